The maximum absolute atomic E-state index is 12.6. The number of benzene rings is 2. The summed E-state index contributed by atoms with van der Waals surface area (Å²) in [5.41, 5.74) is 1.72. The number of nitrogens with zero attached hydrogens (tertiary/aromatic N) is 2. The molecule has 1 aliphatic heterocycles. The Morgan fingerprint density at radius 3 is 2.34 bits per heavy atom. The third-order valence-corrected chi connectivity index (χ3v) is 6.71. The summed E-state index contributed by atoms with van der Waals surface area (Å²) in [6, 6.07) is 13.9. The van der Waals surface area contributed by atoms with Gasteiger partial charge in [-0.05, 0) is 43.8 Å². The molecule has 1 N–H and O–H groups in total. The van der Waals surface area contributed by atoms with Crippen molar-refractivity contribution in [3.05, 3.63) is 59.7 Å². The van der Waals surface area contributed by atoms with E-state index in [9.17, 15) is 13.2 Å². The first-order valence-corrected chi connectivity index (χ1v) is 11.3. The van der Waals surface area contributed by atoms with Crippen LogP contribution in [0.4, 0.5) is 5.69 Å². The fourth-order valence-electron chi connectivity index (χ4n) is 3.17. The fraction of sp³-hybridized carbons (Fsp3) is 0.381. The van der Waals surface area contributed by atoms with E-state index in [-0.39, 0.29) is 11.7 Å². The lowest BCUT2D eigenvalue weighted by atomic mass is 10.1. The van der Waals surface area contributed by atoms with Gasteiger partial charge in [0, 0.05) is 31.7 Å². The summed E-state index contributed by atoms with van der Waals surface area (Å²) in [4.78, 5) is 14.7. The summed E-state index contributed by atoms with van der Waals surface area (Å²) in [5.74, 6) is 0.273. The van der Waals surface area contributed by atoms with E-state index in [2.05, 4.69) is 10.2 Å². The lowest BCUT2D eigenvalue weighted by molar-refractivity contribution is 0.102. The molecule has 156 valence electrons. The topological polar surface area (TPSA) is 78.9 Å². The van der Waals surface area contributed by atoms with Crippen LogP contribution >= 0.6 is 0 Å². The lowest BCUT2D eigenvalue weighted by Gasteiger charge is -2.31. The molecule has 3 rings (SSSR count). The van der Waals surface area contributed by atoms with Gasteiger partial charge in [-0.15, -0.1) is 0 Å². The first-order chi connectivity index (χ1) is 13.9. The Morgan fingerprint density at radius 2 is 1.69 bits per heavy atom. The van der Waals surface area contributed by atoms with Crippen molar-refractivity contribution >= 4 is 21.6 Å². The number of likely N-dealkylation sites (N-methyl/N-ethyl adjacent to an activating group) is 1. The second-order valence-corrected chi connectivity index (χ2v) is 9.01. The zero-order valence-corrected chi connectivity index (χ0v) is 17.6. The average molecular weight is 418 g/mol. The van der Waals surface area contributed by atoms with Crippen molar-refractivity contribution in [2.45, 2.75) is 12.7 Å². The third kappa shape index (κ3) is 5.56. The molecule has 0 radical (unpaired) electrons. The van der Waals surface area contributed by atoms with E-state index in [0.717, 1.165) is 13.1 Å². The first-order valence-electron chi connectivity index (χ1n) is 9.67. The van der Waals surface area contributed by atoms with Gasteiger partial charge >= 0.3 is 0 Å². The van der Waals surface area contributed by atoms with E-state index < -0.39 is 10.0 Å². The number of carbonyl (C=O) groups is 1. The molecule has 1 fully saturated rings. The summed E-state index contributed by atoms with van der Waals surface area (Å²) in [7, 11) is -1.38. The van der Waals surface area contributed by atoms with E-state index >= 15 is 0 Å². The molecule has 0 aromatic heterocycles. The van der Waals surface area contributed by atoms with E-state index in [4.69, 9.17) is 4.74 Å². The summed E-state index contributed by atoms with van der Waals surface area (Å²) in [6.45, 7) is 4.89. The van der Waals surface area contributed by atoms with Gasteiger partial charge in [0.1, 0.15) is 5.75 Å². The molecule has 0 unspecified atom stereocenters. The number of sulfonamides is 1. The molecular formula is C21H27N3O4S. The summed E-state index contributed by atoms with van der Waals surface area (Å²) in [6.07, 6.45) is 0. The van der Waals surface area contributed by atoms with Gasteiger partial charge in [0.15, 0.2) is 0 Å². The Balaban J connectivity index is 1.65. The van der Waals surface area contributed by atoms with Gasteiger partial charge in [0.25, 0.3) is 5.91 Å². The summed E-state index contributed by atoms with van der Waals surface area (Å²) >= 11 is 0. The van der Waals surface area contributed by atoms with Crippen LogP contribution < -0.4 is 10.1 Å². The SMILES string of the molecule is CCOc1ccccc1NC(=O)c1ccc(CS(=O)(=O)N2CCN(C)CC2)cc1. The van der Waals surface area contributed by atoms with Crippen molar-refractivity contribution in [1.82, 2.24) is 9.21 Å². The highest BCUT2D eigenvalue weighted by molar-refractivity contribution is 7.88. The molecule has 0 saturated carbocycles. The van der Waals surface area contributed by atoms with Crippen LogP contribution in [0.5, 0.6) is 5.75 Å². The number of ether oxygens (including phenoxy) is 1. The zero-order chi connectivity index (χ0) is 20.9. The zero-order valence-electron chi connectivity index (χ0n) is 16.8. The van der Waals surface area contributed by atoms with Gasteiger partial charge in [-0.2, -0.15) is 4.31 Å². The van der Waals surface area contributed by atoms with Crippen LogP contribution in [0.15, 0.2) is 48.5 Å². The third-order valence-electron chi connectivity index (χ3n) is 4.86. The second kappa shape index (κ2) is 9.39. The van der Waals surface area contributed by atoms with Crippen LogP contribution in [-0.4, -0.2) is 63.4 Å². The molecule has 2 aromatic carbocycles. The molecule has 1 heterocycles. The molecule has 0 spiro atoms. The number of piperazine rings is 1. The largest absolute Gasteiger partial charge is 0.492 e. The maximum atomic E-state index is 12.6. The minimum atomic E-state index is -3.36. The van der Waals surface area contributed by atoms with Gasteiger partial charge in [0.2, 0.25) is 10.0 Å². The monoisotopic (exact) mass is 417 g/mol. The number of nitrogens with one attached hydrogen (secondary N) is 1. The number of hydrogen-bond acceptors (Lipinski definition) is 5. The molecule has 1 amide bonds. The average Bonchev–Trinajstić information content (AvgIpc) is 2.70. The van der Waals surface area contributed by atoms with Crippen LogP contribution in [0.2, 0.25) is 0 Å². The molecule has 8 heteroatoms. The van der Waals surface area contributed by atoms with E-state index in [1.54, 1.807) is 36.4 Å². The van der Waals surface area contributed by atoms with E-state index in [1.807, 2.05) is 26.1 Å². The summed E-state index contributed by atoms with van der Waals surface area (Å²) < 4.78 is 32.3. The number of rotatable bonds is 7. The normalized spacial score (nSPS) is 15.8. The standard InChI is InChI=1S/C21H27N3O4S/c1-3-28-20-7-5-4-6-19(20)22-21(25)18-10-8-17(9-11-18)16-29(26,27)24-14-12-23(2)13-15-24/h4-11H,3,12-16H2,1-2H3,(H,22,25). The number of hydrogen-bond donors (Lipinski definition) is 1. The molecule has 2 aromatic rings. The van der Waals surface area contributed by atoms with Crippen molar-refractivity contribution in [1.29, 1.82) is 0 Å². The van der Waals surface area contributed by atoms with Gasteiger partial charge < -0.3 is 15.0 Å². The minimum Gasteiger partial charge on any atom is -0.492 e. The van der Waals surface area contributed by atoms with Gasteiger partial charge in [-0.25, -0.2) is 8.42 Å². The molecule has 0 atom stereocenters. The number of carbonyl (C=O) groups excluding carboxylic acids is 1. The van der Waals surface area contributed by atoms with E-state index in [0.29, 0.717) is 42.3 Å². The molecule has 0 bridgehead atoms. The highest BCUT2D eigenvalue weighted by Gasteiger charge is 2.25. The Hall–Kier alpha value is -2.42. The number of amides is 1. The van der Waals surface area contributed by atoms with Crippen LogP contribution in [-0.2, 0) is 15.8 Å². The van der Waals surface area contributed by atoms with Crippen molar-refractivity contribution in [2.75, 3.05) is 45.2 Å². The predicted octanol–water partition coefficient (Wildman–Crippen LogP) is 2.41. The van der Waals surface area contributed by atoms with Gasteiger partial charge in [0.05, 0.1) is 18.0 Å². The number of para-hydroxylation sites is 2. The van der Waals surface area contributed by atoms with Crippen molar-refractivity contribution in [2.24, 2.45) is 0 Å². The highest BCUT2D eigenvalue weighted by Crippen LogP contribution is 2.24. The van der Waals surface area contributed by atoms with Crippen molar-refractivity contribution in [3.63, 3.8) is 0 Å². The smallest absolute Gasteiger partial charge is 0.255 e. The summed E-state index contributed by atoms with van der Waals surface area (Å²) in [5, 5.41) is 2.84. The molecule has 1 saturated heterocycles. The van der Waals surface area contributed by atoms with Gasteiger partial charge in [-0.1, -0.05) is 24.3 Å². The molecule has 1 aliphatic rings. The van der Waals surface area contributed by atoms with Crippen LogP contribution in [0.25, 0.3) is 0 Å². The second-order valence-electron chi connectivity index (χ2n) is 7.04. The highest BCUT2D eigenvalue weighted by atomic mass is 32.2. The van der Waals surface area contributed by atoms with E-state index in [1.165, 1.54) is 4.31 Å². The van der Waals surface area contributed by atoms with Crippen LogP contribution in [0.3, 0.4) is 0 Å². The molecule has 0 aliphatic carbocycles. The number of anilines is 1. The fourth-order valence-corrected chi connectivity index (χ4v) is 4.68. The molecular weight excluding hydrogens is 390 g/mol. The predicted molar refractivity (Wildman–Crippen MR) is 114 cm³/mol. The van der Waals surface area contributed by atoms with Crippen molar-refractivity contribution < 1.29 is 17.9 Å². The van der Waals surface area contributed by atoms with Crippen LogP contribution in [0.1, 0.15) is 22.8 Å². The molecule has 7 nitrogen and oxygen atoms in total. The van der Waals surface area contributed by atoms with Gasteiger partial charge in [-0.3, -0.25) is 4.79 Å². The first kappa shape index (κ1) is 21.3. The minimum absolute atomic E-state index is 0.0637. The van der Waals surface area contributed by atoms with Crippen LogP contribution in [0, 0.1) is 0 Å². The molecule has 29 heavy (non-hydrogen) atoms. The Kier molecular flexibility index (Phi) is 6.89. The lowest BCUT2D eigenvalue weighted by Crippen LogP contribution is -2.47. The quantitative estimate of drug-likeness (QED) is 0.749. The maximum Gasteiger partial charge on any atom is 0.255 e. The Labute approximate surface area is 172 Å². The Bertz CT molecular complexity index is 937. The van der Waals surface area contributed by atoms with Crippen molar-refractivity contribution in [3.8, 4) is 5.75 Å². The Morgan fingerprint density at radius 1 is 1.03 bits per heavy atom.